The van der Waals surface area contributed by atoms with Crippen LogP contribution < -0.4 is 11.3 Å². The topological polar surface area (TPSA) is 104 Å². The zero-order chi connectivity index (χ0) is 26.0. The first-order valence-electron chi connectivity index (χ1n) is 12.3. The number of hydrogen-bond donors (Lipinski definition) is 1. The molecule has 8 nitrogen and oxygen atoms in total. The summed E-state index contributed by atoms with van der Waals surface area (Å²) in [6, 6.07) is 5.13. The standard InChI is InChI=1S/C27H26F2N4O4/c1-13-15(17-10-19(29)20(30)11-18(17)28)7-8-16-24(13)33(14-5-6-14)26(34)23-25(16)37-22(31-23)12-32-9-3-4-21(32)27(35)36-2/h7-8,10-11,14,21H,3-6,9,12,30H2,1-2H3. The molecule has 0 bridgehead atoms. The number of hydrogen-bond acceptors (Lipinski definition) is 7. The van der Waals surface area contributed by atoms with Gasteiger partial charge in [0.1, 0.15) is 17.7 Å². The number of nitrogens with zero attached hydrogens (tertiary/aromatic N) is 3. The van der Waals surface area contributed by atoms with Crippen LogP contribution in [0.3, 0.4) is 0 Å². The summed E-state index contributed by atoms with van der Waals surface area (Å²) in [5, 5.41) is 0.670. The molecule has 2 aromatic heterocycles. The third-order valence-corrected chi connectivity index (χ3v) is 7.47. The summed E-state index contributed by atoms with van der Waals surface area (Å²) < 4.78 is 41.8. The summed E-state index contributed by atoms with van der Waals surface area (Å²) in [5.41, 5.74) is 7.35. The van der Waals surface area contributed by atoms with Gasteiger partial charge in [-0.1, -0.05) is 6.07 Å². The van der Waals surface area contributed by atoms with E-state index in [4.69, 9.17) is 14.9 Å². The number of ether oxygens (including phenoxy) is 1. The van der Waals surface area contributed by atoms with E-state index in [-0.39, 0.29) is 46.9 Å². The smallest absolute Gasteiger partial charge is 0.323 e. The van der Waals surface area contributed by atoms with Crippen molar-refractivity contribution in [2.24, 2.45) is 0 Å². The van der Waals surface area contributed by atoms with E-state index in [2.05, 4.69) is 4.98 Å². The Kier molecular flexibility index (Phi) is 5.52. The first-order valence-corrected chi connectivity index (χ1v) is 12.3. The van der Waals surface area contributed by atoms with Crippen molar-refractivity contribution in [3.63, 3.8) is 0 Å². The summed E-state index contributed by atoms with van der Waals surface area (Å²) in [4.78, 5) is 32.3. The van der Waals surface area contributed by atoms with Crippen LogP contribution in [0.2, 0.25) is 0 Å². The quantitative estimate of drug-likeness (QED) is 0.314. The zero-order valence-corrected chi connectivity index (χ0v) is 20.5. The maximum absolute atomic E-state index is 14.8. The third-order valence-electron chi connectivity index (χ3n) is 7.47. The molecule has 2 aromatic carbocycles. The lowest BCUT2D eigenvalue weighted by Gasteiger charge is -2.20. The molecule has 2 aliphatic rings. The zero-order valence-electron chi connectivity index (χ0n) is 20.5. The molecule has 0 radical (unpaired) electrons. The van der Waals surface area contributed by atoms with E-state index in [0.717, 1.165) is 31.4 Å². The molecular weight excluding hydrogens is 482 g/mol. The van der Waals surface area contributed by atoms with E-state index >= 15 is 0 Å². The Hall–Kier alpha value is -3.79. The van der Waals surface area contributed by atoms with Crippen LogP contribution >= 0.6 is 0 Å². The average Bonchev–Trinajstić information content (AvgIpc) is 3.44. The van der Waals surface area contributed by atoms with Crippen LogP contribution in [0.15, 0.2) is 33.5 Å². The monoisotopic (exact) mass is 508 g/mol. The second-order valence-electron chi connectivity index (χ2n) is 9.83. The van der Waals surface area contributed by atoms with Crippen LogP contribution in [-0.4, -0.2) is 40.1 Å². The Bertz CT molecular complexity index is 1640. The number of pyridine rings is 1. The minimum atomic E-state index is -0.710. The minimum absolute atomic E-state index is 0.00351. The molecule has 192 valence electrons. The van der Waals surface area contributed by atoms with Gasteiger partial charge in [-0.3, -0.25) is 14.5 Å². The van der Waals surface area contributed by atoms with Crippen LogP contribution in [0.25, 0.3) is 33.1 Å². The van der Waals surface area contributed by atoms with Crippen molar-refractivity contribution in [1.82, 2.24) is 14.5 Å². The Balaban J connectivity index is 1.52. The van der Waals surface area contributed by atoms with Gasteiger partial charge in [0.2, 0.25) is 5.89 Å². The lowest BCUT2D eigenvalue weighted by molar-refractivity contribution is -0.146. The van der Waals surface area contributed by atoms with Gasteiger partial charge in [0.25, 0.3) is 5.56 Å². The first kappa shape index (κ1) is 23.6. The number of anilines is 1. The molecule has 1 unspecified atom stereocenters. The molecular formula is C27H26F2N4O4. The number of oxazole rings is 1. The van der Waals surface area contributed by atoms with Crippen molar-refractivity contribution >= 4 is 33.7 Å². The molecule has 6 rings (SSSR count). The number of rotatable bonds is 5. The van der Waals surface area contributed by atoms with Crippen molar-refractivity contribution < 1.29 is 22.7 Å². The Labute approximate surface area is 210 Å². The molecule has 1 aliphatic carbocycles. The number of benzene rings is 2. The van der Waals surface area contributed by atoms with E-state index in [1.807, 2.05) is 4.90 Å². The molecule has 0 amide bonds. The lowest BCUT2D eigenvalue weighted by Crippen LogP contribution is -2.36. The summed E-state index contributed by atoms with van der Waals surface area (Å²) in [6.07, 6.45) is 3.22. The number of esters is 1. The van der Waals surface area contributed by atoms with Gasteiger partial charge < -0.3 is 19.5 Å². The number of nitrogen functional groups attached to an aromatic ring is 1. The Morgan fingerprint density at radius 1 is 1.19 bits per heavy atom. The van der Waals surface area contributed by atoms with Crippen LogP contribution in [-0.2, 0) is 16.1 Å². The van der Waals surface area contributed by atoms with E-state index in [0.29, 0.717) is 46.5 Å². The highest BCUT2D eigenvalue weighted by atomic mass is 19.1. The van der Waals surface area contributed by atoms with Crippen LogP contribution in [0.1, 0.15) is 43.2 Å². The first-order chi connectivity index (χ1) is 17.8. The Morgan fingerprint density at radius 3 is 2.70 bits per heavy atom. The highest BCUT2D eigenvalue weighted by Crippen LogP contribution is 2.41. The predicted molar refractivity (Wildman–Crippen MR) is 134 cm³/mol. The van der Waals surface area contributed by atoms with Crippen molar-refractivity contribution in [2.75, 3.05) is 19.4 Å². The molecule has 2 fully saturated rings. The van der Waals surface area contributed by atoms with E-state index < -0.39 is 11.6 Å². The van der Waals surface area contributed by atoms with Crippen LogP contribution in [0.4, 0.5) is 14.5 Å². The second-order valence-corrected chi connectivity index (χ2v) is 9.83. The molecule has 1 saturated heterocycles. The van der Waals surface area contributed by atoms with E-state index in [1.165, 1.54) is 7.11 Å². The molecule has 4 aromatic rings. The number of likely N-dealkylation sites (tertiary alicyclic amines) is 1. The Morgan fingerprint density at radius 2 is 1.97 bits per heavy atom. The fourth-order valence-electron chi connectivity index (χ4n) is 5.50. The molecule has 37 heavy (non-hydrogen) atoms. The normalized spacial score (nSPS) is 18.2. The van der Waals surface area contributed by atoms with Gasteiger partial charge in [-0.25, -0.2) is 13.8 Å². The van der Waals surface area contributed by atoms with Crippen molar-refractivity contribution in [2.45, 2.75) is 51.2 Å². The van der Waals surface area contributed by atoms with Gasteiger partial charge >= 0.3 is 5.97 Å². The van der Waals surface area contributed by atoms with Crippen LogP contribution in [0.5, 0.6) is 0 Å². The highest BCUT2D eigenvalue weighted by Gasteiger charge is 2.34. The van der Waals surface area contributed by atoms with Crippen molar-refractivity contribution in [1.29, 1.82) is 0 Å². The van der Waals surface area contributed by atoms with Gasteiger partial charge in [-0.15, -0.1) is 0 Å². The van der Waals surface area contributed by atoms with Gasteiger partial charge in [-0.05, 0) is 62.4 Å². The lowest BCUT2D eigenvalue weighted by atomic mass is 9.96. The number of carbonyl (C=O) groups is 1. The number of fused-ring (bicyclic) bond motifs is 3. The molecule has 10 heteroatoms. The molecule has 0 spiro atoms. The maximum atomic E-state index is 14.8. The number of aromatic nitrogens is 2. The van der Waals surface area contributed by atoms with Gasteiger partial charge in [0.05, 0.1) is 24.9 Å². The molecule has 1 atom stereocenters. The minimum Gasteiger partial charge on any atom is -0.468 e. The number of halogens is 2. The molecule has 1 aliphatic heterocycles. The van der Waals surface area contributed by atoms with Gasteiger partial charge in [0, 0.05) is 23.1 Å². The van der Waals surface area contributed by atoms with E-state index in [9.17, 15) is 18.4 Å². The average molecular weight is 509 g/mol. The van der Waals surface area contributed by atoms with Crippen LogP contribution in [0, 0.1) is 18.6 Å². The summed E-state index contributed by atoms with van der Waals surface area (Å²) in [6.45, 7) is 2.75. The number of methoxy groups -OCH3 is 1. The molecule has 2 N–H and O–H groups in total. The van der Waals surface area contributed by atoms with Crippen molar-refractivity contribution in [3.8, 4) is 11.1 Å². The summed E-state index contributed by atoms with van der Waals surface area (Å²) in [5.74, 6) is -1.32. The van der Waals surface area contributed by atoms with E-state index in [1.54, 1.807) is 23.6 Å². The second kappa shape index (κ2) is 8.65. The van der Waals surface area contributed by atoms with Gasteiger partial charge in [0.15, 0.2) is 11.1 Å². The number of carbonyl (C=O) groups excluding carboxylic acids is 1. The summed E-state index contributed by atoms with van der Waals surface area (Å²) >= 11 is 0. The van der Waals surface area contributed by atoms with Crippen molar-refractivity contribution in [3.05, 3.63) is 57.7 Å². The maximum Gasteiger partial charge on any atom is 0.323 e. The SMILES string of the molecule is COC(=O)C1CCCN1Cc1nc2c(=O)n(C3CC3)c3c(C)c(-c4cc(F)c(N)cc4F)ccc3c2o1. The fourth-order valence-corrected chi connectivity index (χ4v) is 5.50. The largest absolute Gasteiger partial charge is 0.468 e. The fraction of sp³-hybridized carbons (Fsp3) is 0.370. The number of aryl methyl sites for hydroxylation is 1. The number of nitrogens with two attached hydrogens (primary N) is 1. The summed E-state index contributed by atoms with van der Waals surface area (Å²) in [7, 11) is 1.37. The third kappa shape index (κ3) is 3.78. The van der Waals surface area contributed by atoms with Gasteiger partial charge in [-0.2, -0.15) is 0 Å². The predicted octanol–water partition coefficient (Wildman–Crippen LogP) is 4.45. The molecule has 3 heterocycles. The highest BCUT2D eigenvalue weighted by molar-refractivity contribution is 6.04. The molecule has 1 saturated carbocycles.